The number of likely N-dealkylation sites (N-methyl/N-ethyl adjacent to an activating group) is 1. The van der Waals surface area contributed by atoms with E-state index < -0.39 is 5.54 Å². The van der Waals surface area contributed by atoms with Gasteiger partial charge in [0, 0.05) is 24.6 Å². The Labute approximate surface area is 116 Å². The summed E-state index contributed by atoms with van der Waals surface area (Å²) in [4.78, 5) is 16.1. The van der Waals surface area contributed by atoms with Crippen LogP contribution in [-0.4, -0.2) is 36.5 Å². The quantitative estimate of drug-likeness (QED) is 0.808. The number of carbonyl (C=O) groups is 1. The van der Waals surface area contributed by atoms with Gasteiger partial charge in [-0.25, -0.2) is 0 Å². The predicted octanol–water partition coefficient (Wildman–Crippen LogP) is 2.09. The molecule has 1 aliphatic heterocycles. The van der Waals surface area contributed by atoms with Crippen LogP contribution in [0.5, 0.6) is 0 Å². The Hall–Kier alpha value is -1.23. The van der Waals surface area contributed by atoms with E-state index in [0.717, 1.165) is 23.2 Å². The first-order valence-electron chi connectivity index (χ1n) is 5.92. The van der Waals surface area contributed by atoms with Gasteiger partial charge in [0.15, 0.2) is 0 Å². The third-order valence-electron chi connectivity index (χ3n) is 3.48. The van der Waals surface area contributed by atoms with Crippen LogP contribution in [0.3, 0.4) is 0 Å². The molecule has 2 N–H and O–H groups in total. The van der Waals surface area contributed by atoms with Crippen molar-refractivity contribution in [2.75, 3.05) is 30.8 Å². The molecule has 4 nitrogen and oxygen atoms in total. The van der Waals surface area contributed by atoms with Crippen LogP contribution < -0.4 is 10.6 Å². The lowest BCUT2D eigenvalue weighted by Gasteiger charge is -2.46. The number of hydrogen-bond donors (Lipinski definition) is 1. The number of halogens is 1. The van der Waals surface area contributed by atoms with Gasteiger partial charge in [0.05, 0.1) is 11.4 Å². The van der Waals surface area contributed by atoms with Crippen LogP contribution in [0.25, 0.3) is 0 Å². The molecule has 0 aliphatic carbocycles. The van der Waals surface area contributed by atoms with Gasteiger partial charge in [-0.05, 0) is 32.0 Å². The third kappa shape index (κ3) is 2.07. The summed E-state index contributed by atoms with van der Waals surface area (Å²) in [5.41, 5.74) is 7.11. The first kappa shape index (κ1) is 13.2. The monoisotopic (exact) mass is 311 g/mol. The number of rotatable bonds is 1. The zero-order chi connectivity index (χ0) is 13.5. The summed E-state index contributed by atoms with van der Waals surface area (Å²) < 4.78 is 0.946. The van der Waals surface area contributed by atoms with E-state index in [1.807, 2.05) is 39.1 Å². The largest absolute Gasteiger partial charge is 0.397 e. The molecular formula is C13H18BrN3O. The van der Waals surface area contributed by atoms with Gasteiger partial charge in [0.1, 0.15) is 5.54 Å². The molecule has 5 heteroatoms. The number of nitrogens with two attached hydrogens (primary N) is 1. The van der Waals surface area contributed by atoms with Crippen molar-refractivity contribution >= 4 is 33.2 Å². The van der Waals surface area contributed by atoms with Crippen LogP contribution >= 0.6 is 15.9 Å². The minimum absolute atomic E-state index is 0.121. The van der Waals surface area contributed by atoms with Crippen molar-refractivity contribution in [3.63, 3.8) is 0 Å². The fourth-order valence-corrected chi connectivity index (χ4v) is 2.79. The molecule has 1 saturated heterocycles. The molecule has 1 heterocycles. The summed E-state index contributed by atoms with van der Waals surface area (Å²) in [7, 11) is 1.84. The zero-order valence-electron chi connectivity index (χ0n) is 10.9. The average Bonchev–Trinajstić information content (AvgIpc) is 2.28. The molecule has 1 amide bonds. The van der Waals surface area contributed by atoms with Crippen LogP contribution in [0, 0.1) is 0 Å². The first-order chi connectivity index (χ1) is 8.34. The molecule has 2 rings (SSSR count). The average molecular weight is 312 g/mol. The van der Waals surface area contributed by atoms with E-state index in [-0.39, 0.29) is 5.91 Å². The number of anilines is 2. The number of piperazine rings is 1. The van der Waals surface area contributed by atoms with Crippen LogP contribution in [0.15, 0.2) is 22.7 Å². The number of carbonyl (C=O) groups excluding carboxylic acids is 1. The van der Waals surface area contributed by atoms with Crippen molar-refractivity contribution in [3.8, 4) is 0 Å². The molecule has 1 aliphatic rings. The SMILES string of the molecule is CN1CCN(c2ccc(Br)cc2N)C(C)(C)C1=O. The lowest BCUT2D eigenvalue weighted by molar-refractivity contribution is -0.136. The summed E-state index contributed by atoms with van der Waals surface area (Å²) in [5.74, 6) is 0.121. The Kier molecular flexibility index (Phi) is 3.27. The van der Waals surface area contributed by atoms with Crippen LogP contribution in [-0.2, 0) is 4.79 Å². The summed E-state index contributed by atoms with van der Waals surface area (Å²) >= 11 is 3.40. The zero-order valence-corrected chi connectivity index (χ0v) is 12.5. The number of hydrogen-bond acceptors (Lipinski definition) is 3. The van der Waals surface area contributed by atoms with Crippen LogP contribution in [0.1, 0.15) is 13.8 Å². The number of nitrogen functional groups attached to an aromatic ring is 1. The van der Waals surface area contributed by atoms with E-state index >= 15 is 0 Å². The maximum Gasteiger partial charge on any atom is 0.247 e. The van der Waals surface area contributed by atoms with Crippen LogP contribution in [0.4, 0.5) is 11.4 Å². The molecule has 1 fully saturated rings. The number of amides is 1. The Balaban J connectivity index is 2.41. The van der Waals surface area contributed by atoms with Gasteiger partial charge in [-0.3, -0.25) is 4.79 Å². The van der Waals surface area contributed by atoms with Crippen molar-refractivity contribution < 1.29 is 4.79 Å². The molecule has 0 unspecified atom stereocenters. The van der Waals surface area contributed by atoms with E-state index in [4.69, 9.17) is 5.73 Å². The summed E-state index contributed by atoms with van der Waals surface area (Å²) in [6.45, 7) is 5.39. The molecular weight excluding hydrogens is 294 g/mol. The molecule has 18 heavy (non-hydrogen) atoms. The van der Waals surface area contributed by atoms with E-state index in [1.54, 1.807) is 4.90 Å². The van der Waals surface area contributed by atoms with Crippen molar-refractivity contribution in [3.05, 3.63) is 22.7 Å². The van der Waals surface area contributed by atoms with Crippen molar-refractivity contribution in [1.29, 1.82) is 0 Å². The second-order valence-electron chi connectivity index (χ2n) is 5.14. The van der Waals surface area contributed by atoms with Gasteiger partial charge in [-0.2, -0.15) is 0 Å². The molecule has 0 radical (unpaired) electrons. The van der Waals surface area contributed by atoms with Crippen LogP contribution in [0.2, 0.25) is 0 Å². The first-order valence-corrected chi connectivity index (χ1v) is 6.71. The maximum absolute atomic E-state index is 12.2. The highest BCUT2D eigenvalue weighted by atomic mass is 79.9. The highest BCUT2D eigenvalue weighted by molar-refractivity contribution is 9.10. The Morgan fingerprint density at radius 3 is 2.61 bits per heavy atom. The van der Waals surface area contributed by atoms with E-state index in [1.165, 1.54) is 0 Å². The lowest BCUT2D eigenvalue weighted by atomic mass is 9.96. The standard InChI is InChI=1S/C13H18BrN3O/c1-13(2)12(18)16(3)6-7-17(13)11-5-4-9(14)8-10(11)15/h4-5,8H,6-7,15H2,1-3H3. The summed E-state index contributed by atoms with van der Waals surface area (Å²) in [5, 5.41) is 0. The lowest BCUT2D eigenvalue weighted by Crippen LogP contribution is -2.62. The second kappa shape index (κ2) is 4.46. The smallest absolute Gasteiger partial charge is 0.247 e. The van der Waals surface area contributed by atoms with E-state index in [9.17, 15) is 4.79 Å². The van der Waals surface area contributed by atoms with Gasteiger partial charge in [-0.1, -0.05) is 15.9 Å². The molecule has 0 saturated carbocycles. The van der Waals surface area contributed by atoms with Crippen molar-refractivity contribution in [1.82, 2.24) is 4.90 Å². The number of benzene rings is 1. The third-order valence-corrected chi connectivity index (χ3v) is 3.98. The Morgan fingerprint density at radius 2 is 2.00 bits per heavy atom. The fourth-order valence-electron chi connectivity index (χ4n) is 2.41. The highest BCUT2D eigenvalue weighted by Gasteiger charge is 2.41. The molecule has 98 valence electrons. The Morgan fingerprint density at radius 1 is 1.33 bits per heavy atom. The van der Waals surface area contributed by atoms with Gasteiger partial charge < -0.3 is 15.5 Å². The van der Waals surface area contributed by atoms with Gasteiger partial charge in [0.25, 0.3) is 0 Å². The molecule has 0 atom stereocenters. The summed E-state index contributed by atoms with van der Waals surface area (Å²) in [6, 6.07) is 5.78. The number of nitrogens with zero attached hydrogens (tertiary/aromatic N) is 2. The van der Waals surface area contributed by atoms with Crippen molar-refractivity contribution in [2.45, 2.75) is 19.4 Å². The maximum atomic E-state index is 12.2. The minimum Gasteiger partial charge on any atom is -0.397 e. The highest BCUT2D eigenvalue weighted by Crippen LogP contribution is 2.34. The van der Waals surface area contributed by atoms with E-state index in [2.05, 4.69) is 20.8 Å². The Bertz CT molecular complexity index is 487. The van der Waals surface area contributed by atoms with Gasteiger partial charge >= 0.3 is 0 Å². The van der Waals surface area contributed by atoms with Gasteiger partial charge in [0.2, 0.25) is 5.91 Å². The predicted molar refractivity (Wildman–Crippen MR) is 77.6 cm³/mol. The normalized spacial score (nSPS) is 19.2. The second-order valence-corrected chi connectivity index (χ2v) is 6.06. The molecule has 0 bridgehead atoms. The van der Waals surface area contributed by atoms with Gasteiger partial charge in [-0.15, -0.1) is 0 Å². The summed E-state index contributed by atoms with van der Waals surface area (Å²) in [6.07, 6.45) is 0. The van der Waals surface area contributed by atoms with Crippen molar-refractivity contribution in [2.24, 2.45) is 0 Å². The minimum atomic E-state index is -0.561. The molecule has 0 spiro atoms. The van der Waals surface area contributed by atoms with E-state index in [0.29, 0.717) is 5.69 Å². The molecule has 1 aromatic rings. The molecule has 0 aromatic heterocycles. The molecule has 1 aromatic carbocycles. The topological polar surface area (TPSA) is 49.6 Å². The fraction of sp³-hybridized carbons (Fsp3) is 0.462.